The summed E-state index contributed by atoms with van der Waals surface area (Å²) in [6.07, 6.45) is 0. The zero-order chi connectivity index (χ0) is 8.85. The lowest BCUT2D eigenvalue weighted by atomic mass is 10.4. The predicted molar refractivity (Wildman–Crippen MR) is 42.7 cm³/mol. The van der Waals surface area contributed by atoms with E-state index in [1.807, 2.05) is 0 Å². The summed E-state index contributed by atoms with van der Waals surface area (Å²) in [6, 6.07) is 0. The number of rotatable bonds is 3. The summed E-state index contributed by atoms with van der Waals surface area (Å²) in [5, 5.41) is 10.3. The van der Waals surface area contributed by atoms with Gasteiger partial charge in [0.2, 0.25) is 0 Å². The van der Waals surface area contributed by atoms with Gasteiger partial charge in [-0.25, -0.2) is 4.02 Å². The molecule has 0 saturated carbocycles. The second-order valence-corrected chi connectivity index (χ2v) is 2.10. The first-order chi connectivity index (χ1) is 5.07. The van der Waals surface area contributed by atoms with Gasteiger partial charge in [-0.05, 0) is 6.92 Å². The first kappa shape index (κ1) is 10.1. The molecule has 0 rings (SSSR count). The van der Waals surface area contributed by atoms with Crippen molar-refractivity contribution in [2.24, 2.45) is 4.02 Å². The van der Waals surface area contributed by atoms with Gasteiger partial charge < -0.3 is 10.4 Å². The Morgan fingerprint density at radius 1 is 1.64 bits per heavy atom. The van der Waals surface area contributed by atoms with Crippen molar-refractivity contribution in [3.63, 3.8) is 0 Å². The molecule has 5 nitrogen and oxygen atoms in total. The second kappa shape index (κ2) is 4.84. The lowest BCUT2D eigenvalue weighted by Gasteiger charge is -1.98. The van der Waals surface area contributed by atoms with E-state index in [9.17, 15) is 9.59 Å². The topological polar surface area (TPSA) is 78.8 Å². The fourth-order valence-corrected chi connectivity index (χ4v) is 0.483. The van der Waals surface area contributed by atoms with E-state index in [4.69, 9.17) is 5.11 Å². The molecular formula is C5H7BrN2O3. The van der Waals surface area contributed by atoms with E-state index in [1.54, 1.807) is 0 Å². The smallest absolute Gasteiger partial charge is 0.322 e. The number of nitrogens with one attached hydrogen (secondary N) is 1. The minimum Gasteiger partial charge on any atom is -0.480 e. The second-order valence-electron chi connectivity index (χ2n) is 1.75. The molecule has 0 bridgehead atoms. The van der Waals surface area contributed by atoms with Crippen molar-refractivity contribution in [1.82, 2.24) is 5.32 Å². The quantitative estimate of drug-likeness (QED) is 0.658. The van der Waals surface area contributed by atoms with Crippen LogP contribution in [0.3, 0.4) is 0 Å². The number of amides is 1. The van der Waals surface area contributed by atoms with Crippen molar-refractivity contribution in [1.29, 1.82) is 0 Å². The number of carbonyl (C=O) groups excluding carboxylic acids is 1. The third-order valence-corrected chi connectivity index (χ3v) is 1.39. The van der Waals surface area contributed by atoms with Crippen LogP contribution >= 0.6 is 16.1 Å². The van der Waals surface area contributed by atoms with Crippen molar-refractivity contribution in [3.05, 3.63) is 0 Å². The Bertz CT molecular complexity index is 202. The molecular weight excluding hydrogens is 216 g/mol. The van der Waals surface area contributed by atoms with Gasteiger partial charge in [0.15, 0.2) is 0 Å². The molecule has 6 heteroatoms. The highest BCUT2D eigenvalue weighted by molar-refractivity contribution is 9.08. The molecule has 0 aromatic heterocycles. The molecule has 0 saturated heterocycles. The molecule has 2 N–H and O–H groups in total. The van der Waals surface area contributed by atoms with Crippen LogP contribution in [0.2, 0.25) is 0 Å². The fourth-order valence-electron chi connectivity index (χ4n) is 0.322. The minimum absolute atomic E-state index is 0.186. The van der Waals surface area contributed by atoms with Gasteiger partial charge in [0.05, 0.1) is 16.1 Å². The van der Waals surface area contributed by atoms with Gasteiger partial charge in [0.1, 0.15) is 12.3 Å². The number of hydrogen-bond donors (Lipinski definition) is 2. The summed E-state index contributed by atoms with van der Waals surface area (Å²) >= 11 is 2.70. The molecule has 0 aliphatic heterocycles. The standard InChI is InChI=1S/C5H7BrN2O3/c1-3(8-6)5(11)7-2-4(9)10/h2H2,1H3,(H,7,11)(H,9,10)/b8-3+. The average molecular weight is 223 g/mol. The Hall–Kier alpha value is -0.910. The molecule has 0 unspecified atom stereocenters. The summed E-state index contributed by atoms with van der Waals surface area (Å²) in [4.78, 5) is 20.7. The van der Waals surface area contributed by atoms with Gasteiger partial charge in [0.25, 0.3) is 5.91 Å². The molecule has 0 aliphatic rings. The van der Waals surface area contributed by atoms with Crippen molar-refractivity contribution in [2.45, 2.75) is 6.92 Å². The molecule has 62 valence electrons. The van der Waals surface area contributed by atoms with Crippen LogP contribution in [-0.2, 0) is 9.59 Å². The first-order valence-corrected chi connectivity index (χ1v) is 3.44. The summed E-state index contributed by atoms with van der Waals surface area (Å²) < 4.78 is 3.39. The Labute approximate surface area is 71.8 Å². The molecule has 0 fully saturated rings. The third kappa shape index (κ3) is 4.49. The van der Waals surface area contributed by atoms with Crippen LogP contribution in [0, 0.1) is 0 Å². The van der Waals surface area contributed by atoms with Gasteiger partial charge in [-0.2, -0.15) is 0 Å². The summed E-state index contributed by atoms with van der Waals surface area (Å²) in [7, 11) is 0. The molecule has 0 heterocycles. The maximum Gasteiger partial charge on any atom is 0.322 e. The largest absolute Gasteiger partial charge is 0.480 e. The predicted octanol–water partition coefficient (Wildman–Crippen LogP) is -0.0420. The summed E-state index contributed by atoms with van der Waals surface area (Å²) in [5.41, 5.74) is 0.186. The van der Waals surface area contributed by atoms with E-state index >= 15 is 0 Å². The highest BCUT2D eigenvalue weighted by Crippen LogP contribution is 1.85. The zero-order valence-corrected chi connectivity index (χ0v) is 7.38. The minimum atomic E-state index is -1.08. The fraction of sp³-hybridized carbons (Fsp3) is 0.400. The molecule has 0 spiro atoms. The molecule has 0 aliphatic carbocycles. The molecule has 11 heavy (non-hydrogen) atoms. The van der Waals surface area contributed by atoms with Crippen LogP contribution in [-0.4, -0.2) is 29.2 Å². The maximum atomic E-state index is 10.7. The summed E-state index contributed by atoms with van der Waals surface area (Å²) in [6.45, 7) is 1.07. The van der Waals surface area contributed by atoms with E-state index in [0.29, 0.717) is 0 Å². The van der Waals surface area contributed by atoms with Gasteiger partial charge in [-0.3, -0.25) is 9.59 Å². The number of hydrogen-bond acceptors (Lipinski definition) is 3. The van der Waals surface area contributed by atoms with Crippen molar-refractivity contribution in [2.75, 3.05) is 6.54 Å². The average Bonchev–Trinajstić information content (AvgIpc) is 1.98. The molecule has 1 amide bonds. The van der Waals surface area contributed by atoms with E-state index < -0.39 is 18.4 Å². The Morgan fingerprint density at radius 2 is 2.18 bits per heavy atom. The van der Waals surface area contributed by atoms with Crippen LogP contribution in [0.5, 0.6) is 0 Å². The maximum absolute atomic E-state index is 10.7. The SMILES string of the molecule is C/C(=N\Br)C(=O)NCC(=O)O. The van der Waals surface area contributed by atoms with E-state index in [1.165, 1.54) is 6.92 Å². The number of carboxylic acid groups (broad SMARTS) is 1. The van der Waals surface area contributed by atoms with Gasteiger partial charge >= 0.3 is 5.97 Å². The highest BCUT2D eigenvalue weighted by atomic mass is 79.9. The van der Waals surface area contributed by atoms with E-state index in [-0.39, 0.29) is 5.71 Å². The monoisotopic (exact) mass is 222 g/mol. The van der Waals surface area contributed by atoms with Crippen molar-refractivity contribution >= 4 is 33.7 Å². The van der Waals surface area contributed by atoms with E-state index in [0.717, 1.165) is 0 Å². The number of nitrogens with zero attached hydrogens (tertiary/aromatic N) is 1. The van der Waals surface area contributed by atoms with E-state index in [2.05, 4.69) is 25.5 Å². The lowest BCUT2D eigenvalue weighted by molar-refractivity contribution is -0.137. The Morgan fingerprint density at radius 3 is 2.55 bits per heavy atom. The third-order valence-electron chi connectivity index (χ3n) is 0.856. The Kier molecular flexibility index (Phi) is 4.44. The normalized spacial score (nSPS) is 10.9. The van der Waals surface area contributed by atoms with Crippen molar-refractivity contribution in [3.8, 4) is 0 Å². The van der Waals surface area contributed by atoms with Crippen LogP contribution in [0.4, 0.5) is 0 Å². The highest BCUT2D eigenvalue weighted by Gasteiger charge is 2.05. The van der Waals surface area contributed by atoms with Crippen molar-refractivity contribution < 1.29 is 14.7 Å². The first-order valence-electron chi connectivity index (χ1n) is 2.73. The van der Waals surface area contributed by atoms with Crippen LogP contribution in [0.25, 0.3) is 0 Å². The molecule has 0 radical (unpaired) electrons. The summed E-state index contributed by atoms with van der Waals surface area (Å²) in [5.74, 6) is -1.58. The molecule has 0 aromatic carbocycles. The lowest BCUT2D eigenvalue weighted by Crippen LogP contribution is -2.33. The number of halogens is 1. The number of carbonyl (C=O) groups is 2. The van der Waals surface area contributed by atoms with Crippen LogP contribution in [0.15, 0.2) is 4.02 Å². The van der Waals surface area contributed by atoms with Gasteiger partial charge in [-0.1, -0.05) is 0 Å². The number of aliphatic carboxylic acids is 1. The van der Waals surface area contributed by atoms with Gasteiger partial charge in [-0.15, -0.1) is 0 Å². The molecule has 0 aromatic rings. The zero-order valence-electron chi connectivity index (χ0n) is 5.80. The number of carboxylic acids is 1. The van der Waals surface area contributed by atoms with Crippen LogP contribution in [0.1, 0.15) is 6.92 Å². The molecule has 0 atom stereocenters. The van der Waals surface area contributed by atoms with Gasteiger partial charge in [0, 0.05) is 0 Å². The Balaban J connectivity index is 3.80. The van der Waals surface area contributed by atoms with Crippen LogP contribution < -0.4 is 5.32 Å².